The monoisotopic (exact) mass is 663 g/mol. The molecule has 2 aliphatic rings. The Balaban J connectivity index is 1.36. The van der Waals surface area contributed by atoms with Crippen molar-refractivity contribution in [2.45, 2.75) is 13.2 Å². The molecule has 0 N–H and O–H groups in total. The molecule has 2 aliphatic heterocycles. The van der Waals surface area contributed by atoms with E-state index >= 15 is 4.39 Å². The van der Waals surface area contributed by atoms with Gasteiger partial charge in [0.05, 0.1) is 47.6 Å². The Bertz CT molecular complexity index is 2130. The van der Waals surface area contributed by atoms with Crippen LogP contribution >= 0.6 is 23.2 Å². The molecule has 0 saturated heterocycles. The third-order valence-corrected chi connectivity index (χ3v) is 8.53. The van der Waals surface area contributed by atoms with Gasteiger partial charge in [-0.2, -0.15) is 5.26 Å². The van der Waals surface area contributed by atoms with Crippen LogP contribution in [0.25, 0.3) is 22.3 Å². The number of amides is 2. The highest BCUT2D eigenvalue weighted by atomic mass is 35.5. The number of nitrogens with zero attached hydrogens (tertiary/aromatic N) is 3. The van der Waals surface area contributed by atoms with Gasteiger partial charge in [0.1, 0.15) is 19.0 Å². The van der Waals surface area contributed by atoms with Gasteiger partial charge >= 0.3 is 0 Å². The lowest BCUT2D eigenvalue weighted by atomic mass is 9.88. The quantitative estimate of drug-likeness (QED) is 0.192. The lowest BCUT2D eigenvalue weighted by molar-refractivity contribution is -0.123. The van der Waals surface area contributed by atoms with Crippen molar-refractivity contribution in [2.24, 2.45) is 0 Å². The summed E-state index contributed by atoms with van der Waals surface area (Å²) in [5, 5.41) is 11.1. The number of carbonyl (C=O) groups is 2. The van der Waals surface area contributed by atoms with E-state index in [-0.39, 0.29) is 43.8 Å². The number of nitriles is 1. The molecule has 0 spiro atoms. The average molecular weight is 665 g/mol. The Hall–Kier alpha value is -5.04. The number of hydrogen-bond acceptors (Lipinski definition) is 5. The van der Waals surface area contributed by atoms with Crippen molar-refractivity contribution in [3.63, 3.8) is 0 Å². The molecule has 0 aliphatic carbocycles. The van der Waals surface area contributed by atoms with Gasteiger partial charge in [0.25, 0.3) is 11.8 Å². The summed E-state index contributed by atoms with van der Waals surface area (Å²) in [6.45, 7) is 0.0269. The Labute approximate surface area is 279 Å². The van der Waals surface area contributed by atoms with Gasteiger partial charge < -0.3 is 9.47 Å². The van der Waals surface area contributed by atoms with Crippen LogP contribution in [0, 0.1) is 17.1 Å². The third kappa shape index (κ3) is 5.86. The van der Waals surface area contributed by atoms with E-state index in [2.05, 4.69) is 6.07 Å². The van der Waals surface area contributed by atoms with Gasteiger partial charge in [0, 0.05) is 26.7 Å². The van der Waals surface area contributed by atoms with Crippen LogP contribution in [-0.4, -0.2) is 25.0 Å². The predicted molar refractivity (Wildman–Crippen MR) is 178 cm³/mol. The molecule has 7 nitrogen and oxygen atoms in total. The average Bonchev–Trinajstić information content (AvgIpc) is 3.33. The summed E-state index contributed by atoms with van der Waals surface area (Å²) in [6, 6.07) is 29.6. The van der Waals surface area contributed by atoms with Crippen molar-refractivity contribution >= 4 is 57.8 Å². The number of rotatable bonds is 4. The van der Waals surface area contributed by atoms with E-state index in [0.29, 0.717) is 66.2 Å². The summed E-state index contributed by atoms with van der Waals surface area (Å²) in [5.41, 5.74) is 6.23. The fourth-order valence-corrected chi connectivity index (χ4v) is 6.46. The summed E-state index contributed by atoms with van der Waals surface area (Å²) in [4.78, 5) is 29.4. The first-order chi connectivity index (χ1) is 22.8. The summed E-state index contributed by atoms with van der Waals surface area (Å²) < 4.78 is 26.5. The highest BCUT2D eigenvalue weighted by Gasteiger charge is 2.28. The molecule has 0 radical (unpaired) electrons. The first-order valence-electron chi connectivity index (χ1n) is 14.6. The van der Waals surface area contributed by atoms with Crippen molar-refractivity contribution in [1.29, 1.82) is 5.26 Å². The van der Waals surface area contributed by atoms with E-state index in [1.807, 2.05) is 12.1 Å². The minimum absolute atomic E-state index is 0.131. The first kappa shape index (κ1) is 30.6. The van der Waals surface area contributed by atoms with Gasteiger partial charge in [-0.05, 0) is 89.5 Å². The standard InChI is InChI=1S/C37H24Cl2FN3O4/c38-27-3-1-5-30(14-27)42-33-9-7-22(11-25(33)18-46-20-35(42)44)32-16-29(40)13-24(17-41)37(32)23-8-10-34-26(12-23)19-47-21-36(45)43(34)31-6-2-4-28(39)15-31/h1-16H,18-21H2. The van der Waals surface area contributed by atoms with Crippen LogP contribution in [0.5, 0.6) is 0 Å². The molecule has 5 aromatic carbocycles. The molecule has 5 aromatic rings. The number of hydrogen-bond donors (Lipinski definition) is 0. The van der Waals surface area contributed by atoms with Gasteiger partial charge in [0.15, 0.2) is 0 Å². The molecule has 2 heterocycles. The van der Waals surface area contributed by atoms with Crippen LogP contribution in [-0.2, 0) is 32.3 Å². The Kier molecular flexibility index (Phi) is 8.22. The first-order valence-corrected chi connectivity index (χ1v) is 15.4. The Morgan fingerprint density at radius 2 is 1.19 bits per heavy atom. The summed E-state index contributed by atoms with van der Waals surface area (Å²) in [6.07, 6.45) is 0. The molecular weight excluding hydrogens is 640 g/mol. The van der Waals surface area contributed by atoms with Crippen molar-refractivity contribution in [1.82, 2.24) is 0 Å². The molecule has 2 amide bonds. The maximum Gasteiger partial charge on any atom is 0.257 e. The fraction of sp³-hybridized carbons (Fsp3) is 0.108. The molecule has 232 valence electrons. The van der Waals surface area contributed by atoms with Crippen LogP contribution in [0.15, 0.2) is 97.1 Å². The Morgan fingerprint density at radius 1 is 0.660 bits per heavy atom. The molecule has 0 bridgehead atoms. The minimum atomic E-state index is -0.571. The van der Waals surface area contributed by atoms with Gasteiger partial charge in [-0.3, -0.25) is 19.4 Å². The predicted octanol–water partition coefficient (Wildman–Crippen LogP) is 8.73. The highest BCUT2D eigenvalue weighted by Crippen LogP contribution is 2.42. The second-order valence-corrected chi connectivity index (χ2v) is 12.0. The van der Waals surface area contributed by atoms with Crippen LogP contribution in [0.4, 0.5) is 27.1 Å². The topological polar surface area (TPSA) is 82.9 Å². The number of fused-ring (bicyclic) bond motifs is 2. The molecule has 0 aromatic heterocycles. The summed E-state index contributed by atoms with van der Waals surface area (Å²) in [7, 11) is 0. The summed E-state index contributed by atoms with van der Waals surface area (Å²) in [5.74, 6) is -1.08. The summed E-state index contributed by atoms with van der Waals surface area (Å²) >= 11 is 12.5. The van der Waals surface area contributed by atoms with Gasteiger partial charge in [-0.1, -0.05) is 47.5 Å². The zero-order valence-electron chi connectivity index (χ0n) is 24.7. The van der Waals surface area contributed by atoms with Crippen molar-refractivity contribution in [3.8, 4) is 28.3 Å². The van der Waals surface area contributed by atoms with Crippen molar-refractivity contribution < 1.29 is 23.5 Å². The van der Waals surface area contributed by atoms with Gasteiger partial charge in [-0.25, -0.2) is 4.39 Å². The van der Waals surface area contributed by atoms with Crippen LogP contribution < -0.4 is 9.80 Å². The molecular formula is C37H24Cl2FN3O4. The number of carbonyl (C=O) groups excluding carboxylic acids is 2. The van der Waals surface area contributed by atoms with Gasteiger partial charge in [0.2, 0.25) is 0 Å². The van der Waals surface area contributed by atoms with E-state index < -0.39 is 5.82 Å². The van der Waals surface area contributed by atoms with E-state index in [1.165, 1.54) is 12.1 Å². The molecule has 0 unspecified atom stereocenters. The van der Waals surface area contributed by atoms with Crippen LogP contribution in [0.2, 0.25) is 10.0 Å². The maximum atomic E-state index is 15.1. The molecule has 7 rings (SSSR count). The van der Waals surface area contributed by atoms with Crippen LogP contribution in [0.1, 0.15) is 16.7 Å². The minimum Gasteiger partial charge on any atom is -0.367 e. The van der Waals surface area contributed by atoms with E-state index in [1.54, 1.807) is 82.6 Å². The molecule has 0 atom stereocenters. The van der Waals surface area contributed by atoms with Gasteiger partial charge in [-0.15, -0.1) is 0 Å². The normalized spacial score (nSPS) is 14.6. The van der Waals surface area contributed by atoms with E-state index in [0.717, 1.165) is 0 Å². The second-order valence-electron chi connectivity index (χ2n) is 11.1. The molecule has 10 heteroatoms. The zero-order chi connectivity index (χ0) is 32.7. The zero-order valence-corrected chi connectivity index (χ0v) is 26.2. The van der Waals surface area contributed by atoms with E-state index in [4.69, 9.17) is 32.7 Å². The van der Waals surface area contributed by atoms with Crippen molar-refractivity contribution in [2.75, 3.05) is 23.0 Å². The largest absolute Gasteiger partial charge is 0.367 e. The molecule has 47 heavy (non-hydrogen) atoms. The molecule has 0 fully saturated rings. The lowest BCUT2D eigenvalue weighted by Gasteiger charge is -2.24. The third-order valence-electron chi connectivity index (χ3n) is 8.06. The lowest BCUT2D eigenvalue weighted by Crippen LogP contribution is -2.28. The number of anilines is 4. The second kappa shape index (κ2) is 12.6. The SMILES string of the molecule is N#Cc1cc(F)cc(-c2ccc3c(c2)COCC(=O)N3c2cccc(Cl)c2)c1-c1ccc2c(c1)COCC(=O)N2c1cccc(Cl)c1. The highest BCUT2D eigenvalue weighted by molar-refractivity contribution is 6.31. The number of benzene rings is 5. The van der Waals surface area contributed by atoms with E-state index in [9.17, 15) is 14.9 Å². The number of ether oxygens (including phenoxy) is 2. The Morgan fingerprint density at radius 3 is 1.72 bits per heavy atom. The number of halogens is 3. The fourth-order valence-electron chi connectivity index (χ4n) is 6.09. The smallest absolute Gasteiger partial charge is 0.257 e. The molecule has 0 saturated carbocycles. The van der Waals surface area contributed by atoms with Crippen LogP contribution in [0.3, 0.4) is 0 Å². The van der Waals surface area contributed by atoms with Crippen molar-refractivity contribution in [3.05, 3.63) is 130 Å². The maximum absolute atomic E-state index is 15.1.